The van der Waals surface area contributed by atoms with Crippen LogP contribution in [0.2, 0.25) is 0 Å². The molecule has 0 aromatic carbocycles. The second-order valence-corrected chi connectivity index (χ2v) is 3.06. The minimum Gasteiger partial charge on any atom is -0.330 e. The predicted molar refractivity (Wildman–Crippen MR) is 51.1 cm³/mol. The largest absolute Gasteiger partial charge is 0.349 e. The summed E-state index contributed by atoms with van der Waals surface area (Å²) in [6, 6.07) is 1.76. The average Bonchev–Trinajstić information content (AvgIpc) is 2.48. The standard InChI is InChI=1S/C8H11N5O/c1-5-10-6(2-3-9)4-7-11-12-8(14)13(5)7/h4H,2-3,9H2,1H3,(H,12,14). The lowest BCUT2D eigenvalue weighted by atomic mass is 10.3. The van der Waals surface area contributed by atoms with Gasteiger partial charge < -0.3 is 5.73 Å². The maximum Gasteiger partial charge on any atom is 0.349 e. The Hall–Kier alpha value is -1.69. The molecule has 74 valence electrons. The molecule has 0 radical (unpaired) electrons. The summed E-state index contributed by atoms with van der Waals surface area (Å²) >= 11 is 0. The number of fused-ring (bicyclic) bond motifs is 1. The molecule has 0 unspecified atom stereocenters. The van der Waals surface area contributed by atoms with Crippen molar-refractivity contribution in [3.8, 4) is 0 Å². The average molecular weight is 193 g/mol. The van der Waals surface area contributed by atoms with E-state index in [0.717, 1.165) is 5.69 Å². The van der Waals surface area contributed by atoms with Crippen LogP contribution in [0, 0.1) is 6.92 Å². The van der Waals surface area contributed by atoms with Crippen LogP contribution in [-0.2, 0) is 6.42 Å². The van der Waals surface area contributed by atoms with E-state index in [0.29, 0.717) is 24.4 Å². The SMILES string of the molecule is Cc1nc(CCN)cc2n[nH]c(=O)n12. The molecule has 0 bridgehead atoms. The van der Waals surface area contributed by atoms with E-state index in [1.165, 1.54) is 4.40 Å². The first-order valence-corrected chi connectivity index (χ1v) is 4.36. The molecule has 3 N–H and O–H groups in total. The summed E-state index contributed by atoms with van der Waals surface area (Å²) in [6.45, 7) is 2.31. The van der Waals surface area contributed by atoms with Crippen LogP contribution in [-0.4, -0.2) is 26.1 Å². The molecule has 0 aliphatic carbocycles. The first-order valence-electron chi connectivity index (χ1n) is 4.36. The number of nitrogens with one attached hydrogen (secondary N) is 1. The summed E-state index contributed by atoms with van der Waals surface area (Å²) in [7, 11) is 0. The Morgan fingerprint density at radius 3 is 3.14 bits per heavy atom. The fraction of sp³-hybridized carbons (Fsp3) is 0.375. The fourth-order valence-corrected chi connectivity index (χ4v) is 1.43. The second-order valence-electron chi connectivity index (χ2n) is 3.06. The van der Waals surface area contributed by atoms with Gasteiger partial charge in [-0.05, 0) is 13.5 Å². The molecule has 0 spiro atoms. The molecule has 0 aliphatic rings. The van der Waals surface area contributed by atoms with Gasteiger partial charge in [-0.15, -0.1) is 0 Å². The number of nitrogens with two attached hydrogens (primary N) is 1. The third-order valence-corrected chi connectivity index (χ3v) is 2.02. The van der Waals surface area contributed by atoms with Crippen molar-refractivity contribution in [2.45, 2.75) is 13.3 Å². The van der Waals surface area contributed by atoms with Crippen molar-refractivity contribution in [3.63, 3.8) is 0 Å². The van der Waals surface area contributed by atoms with Crippen LogP contribution in [0.3, 0.4) is 0 Å². The third kappa shape index (κ3) is 1.29. The van der Waals surface area contributed by atoms with Crippen molar-refractivity contribution < 1.29 is 0 Å². The van der Waals surface area contributed by atoms with Gasteiger partial charge in [-0.25, -0.2) is 19.3 Å². The van der Waals surface area contributed by atoms with Crippen molar-refractivity contribution in [3.05, 3.63) is 28.1 Å². The zero-order chi connectivity index (χ0) is 10.1. The van der Waals surface area contributed by atoms with E-state index in [2.05, 4.69) is 15.2 Å². The highest BCUT2D eigenvalue weighted by Crippen LogP contribution is 2.02. The summed E-state index contributed by atoms with van der Waals surface area (Å²) in [5.41, 5.74) is 6.61. The van der Waals surface area contributed by atoms with Gasteiger partial charge in [-0.1, -0.05) is 0 Å². The molecule has 6 heteroatoms. The quantitative estimate of drug-likeness (QED) is 0.655. The van der Waals surface area contributed by atoms with E-state index in [-0.39, 0.29) is 5.69 Å². The van der Waals surface area contributed by atoms with Gasteiger partial charge >= 0.3 is 5.69 Å². The Morgan fingerprint density at radius 2 is 2.43 bits per heavy atom. The van der Waals surface area contributed by atoms with Crippen LogP contribution >= 0.6 is 0 Å². The lowest BCUT2D eigenvalue weighted by molar-refractivity contribution is 0.862. The molecular weight excluding hydrogens is 182 g/mol. The minimum atomic E-state index is -0.260. The smallest absolute Gasteiger partial charge is 0.330 e. The topological polar surface area (TPSA) is 89.1 Å². The van der Waals surface area contributed by atoms with E-state index < -0.39 is 0 Å². The van der Waals surface area contributed by atoms with Gasteiger partial charge in [0.15, 0.2) is 5.65 Å². The Balaban J connectivity index is 2.68. The van der Waals surface area contributed by atoms with Crippen molar-refractivity contribution >= 4 is 5.65 Å². The fourth-order valence-electron chi connectivity index (χ4n) is 1.43. The van der Waals surface area contributed by atoms with E-state index in [1.807, 2.05) is 0 Å². The van der Waals surface area contributed by atoms with Crippen LogP contribution in [0.25, 0.3) is 5.65 Å². The van der Waals surface area contributed by atoms with Crippen molar-refractivity contribution in [2.24, 2.45) is 5.73 Å². The van der Waals surface area contributed by atoms with Gasteiger partial charge in [0.05, 0.1) is 0 Å². The summed E-state index contributed by atoms with van der Waals surface area (Å²) in [4.78, 5) is 15.5. The van der Waals surface area contributed by atoms with Crippen LogP contribution in [0.1, 0.15) is 11.5 Å². The first-order chi connectivity index (χ1) is 6.72. The van der Waals surface area contributed by atoms with Gasteiger partial charge in [0.1, 0.15) is 5.82 Å². The van der Waals surface area contributed by atoms with Gasteiger partial charge in [0.25, 0.3) is 0 Å². The highest BCUT2D eigenvalue weighted by molar-refractivity contribution is 5.38. The molecule has 0 fully saturated rings. The van der Waals surface area contributed by atoms with Gasteiger partial charge in [0, 0.05) is 18.2 Å². The third-order valence-electron chi connectivity index (χ3n) is 2.02. The summed E-state index contributed by atoms with van der Waals surface area (Å²) < 4.78 is 1.43. The van der Waals surface area contributed by atoms with Gasteiger partial charge in [-0.2, -0.15) is 5.10 Å². The number of hydrogen-bond donors (Lipinski definition) is 2. The molecule has 14 heavy (non-hydrogen) atoms. The molecule has 0 aliphatic heterocycles. The Morgan fingerprint density at radius 1 is 1.64 bits per heavy atom. The van der Waals surface area contributed by atoms with Crippen LogP contribution in [0.5, 0.6) is 0 Å². The number of rotatable bonds is 2. The van der Waals surface area contributed by atoms with Crippen LogP contribution in [0.15, 0.2) is 10.9 Å². The maximum absolute atomic E-state index is 11.2. The van der Waals surface area contributed by atoms with E-state index >= 15 is 0 Å². The zero-order valence-electron chi connectivity index (χ0n) is 7.82. The molecular formula is C8H11N5O. The molecule has 0 atom stereocenters. The molecule has 2 rings (SSSR count). The molecule has 6 nitrogen and oxygen atoms in total. The summed E-state index contributed by atoms with van der Waals surface area (Å²) in [5, 5.41) is 6.24. The number of aromatic amines is 1. The van der Waals surface area contributed by atoms with Crippen LogP contribution in [0.4, 0.5) is 0 Å². The number of aryl methyl sites for hydroxylation is 1. The molecule has 2 aromatic rings. The minimum absolute atomic E-state index is 0.260. The number of hydrogen-bond acceptors (Lipinski definition) is 4. The lowest BCUT2D eigenvalue weighted by Gasteiger charge is -2.01. The van der Waals surface area contributed by atoms with E-state index in [9.17, 15) is 4.79 Å². The second kappa shape index (κ2) is 3.22. The van der Waals surface area contributed by atoms with Crippen molar-refractivity contribution in [1.29, 1.82) is 0 Å². The summed E-state index contributed by atoms with van der Waals surface area (Å²) in [5.74, 6) is 0.629. The number of nitrogens with zero attached hydrogens (tertiary/aromatic N) is 3. The van der Waals surface area contributed by atoms with Gasteiger partial charge in [-0.3, -0.25) is 0 Å². The highest BCUT2D eigenvalue weighted by atomic mass is 16.1. The number of H-pyrrole nitrogens is 1. The Bertz CT molecular complexity index is 512. The zero-order valence-corrected chi connectivity index (χ0v) is 7.82. The first kappa shape index (κ1) is 8.89. The van der Waals surface area contributed by atoms with Gasteiger partial charge in [0.2, 0.25) is 0 Å². The maximum atomic E-state index is 11.2. The molecule has 2 aromatic heterocycles. The van der Waals surface area contributed by atoms with E-state index in [1.54, 1.807) is 13.0 Å². The van der Waals surface area contributed by atoms with Crippen molar-refractivity contribution in [2.75, 3.05) is 6.54 Å². The van der Waals surface area contributed by atoms with Crippen molar-refractivity contribution in [1.82, 2.24) is 19.6 Å². The summed E-state index contributed by atoms with van der Waals surface area (Å²) in [6.07, 6.45) is 0.693. The lowest BCUT2D eigenvalue weighted by Crippen LogP contribution is -2.14. The number of aromatic nitrogens is 4. The molecule has 0 saturated carbocycles. The Labute approximate surface area is 79.8 Å². The monoisotopic (exact) mass is 193 g/mol. The molecule has 0 amide bonds. The van der Waals surface area contributed by atoms with Crippen LogP contribution < -0.4 is 11.4 Å². The highest BCUT2D eigenvalue weighted by Gasteiger charge is 2.05. The Kier molecular flexibility index (Phi) is 2.05. The molecule has 0 saturated heterocycles. The molecule has 2 heterocycles. The normalized spacial score (nSPS) is 11.0. The van der Waals surface area contributed by atoms with E-state index in [4.69, 9.17) is 5.73 Å². The predicted octanol–water partition coefficient (Wildman–Crippen LogP) is -0.773.